The molecule has 2 heterocycles. The first-order chi connectivity index (χ1) is 9.90. The van der Waals surface area contributed by atoms with Crippen molar-refractivity contribution in [2.45, 2.75) is 51.0 Å². The summed E-state index contributed by atoms with van der Waals surface area (Å²) in [6, 6.07) is 0.679. The van der Waals surface area contributed by atoms with Crippen molar-refractivity contribution in [2.24, 2.45) is 11.8 Å². The number of nitrogens with zero attached hydrogens (tertiary/aromatic N) is 2. The summed E-state index contributed by atoms with van der Waals surface area (Å²) in [5.74, 6) is 2.91. The molecule has 2 aromatic rings. The van der Waals surface area contributed by atoms with Gasteiger partial charge in [0.1, 0.15) is 17.0 Å². The maximum Gasteiger partial charge on any atom is 0.138 e. The molecule has 0 spiro atoms. The van der Waals surface area contributed by atoms with E-state index >= 15 is 0 Å². The lowest BCUT2D eigenvalue weighted by atomic mass is 9.61. The topological polar surface area (TPSA) is 37.8 Å². The lowest BCUT2D eigenvalue weighted by Crippen LogP contribution is -2.50. The Kier molecular flexibility index (Phi) is 2.40. The Morgan fingerprint density at radius 3 is 2.85 bits per heavy atom. The lowest BCUT2D eigenvalue weighted by Gasteiger charge is -2.50. The molecule has 5 rings (SSSR count). The van der Waals surface area contributed by atoms with Gasteiger partial charge in [-0.15, -0.1) is 11.3 Å². The smallest absolute Gasteiger partial charge is 0.138 e. The van der Waals surface area contributed by atoms with Crippen LogP contribution in [0.2, 0.25) is 0 Å². The second-order valence-electron chi connectivity index (χ2n) is 6.62. The van der Waals surface area contributed by atoms with Gasteiger partial charge in [0.05, 0.1) is 5.39 Å². The minimum Gasteiger partial charge on any atom is -0.366 e. The zero-order valence-corrected chi connectivity index (χ0v) is 12.4. The first-order valence-corrected chi connectivity index (χ1v) is 8.73. The molecular formula is C16H19N3S. The Labute approximate surface area is 122 Å². The van der Waals surface area contributed by atoms with Crippen LogP contribution in [0.5, 0.6) is 0 Å². The van der Waals surface area contributed by atoms with Crippen molar-refractivity contribution in [3.05, 3.63) is 16.8 Å². The van der Waals surface area contributed by atoms with E-state index in [0.717, 1.165) is 17.7 Å². The van der Waals surface area contributed by atoms with Crippen LogP contribution in [0.4, 0.5) is 5.82 Å². The van der Waals surface area contributed by atoms with Crippen molar-refractivity contribution in [3.8, 4) is 0 Å². The van der Waals surface area contributed by atoms with Gasteiger partial charge >= 0.3 is 0 Å². The summed E-state index contributed by atoms with van der Waals surface area (Å²) in [5.41, 5.74) is 1.54. The second kappa shape index (κ2) is 4.17. The predicted molar refractivity (Wildman–Crippen MR) is 82.3 cm³/mol. The van der Waals surface area contributed by atoms with Crippen molar-refractivity contribution in [1.29, 1.82) is 0 Å². The highest BCUT2D eigenvalue weighted by Crippen LogP contribution is 2.48. The molecule has 3 aliphatic carbocycles. The first kappa shape index (κ1) is 11.5. The molecule has 1 N–H and O–H groups in total. The minimum atomic E-state index is 0.679. The van der Waals surface area contributed by atoms with E-state index < -0.39 is 0 Å². The zero-order valence-electron chi connectivity index (χ0n) is 11.6. The Balaban J connectivity index is 1.55. The highest BCUT2D eigenvalue weighted by Gasteiger charge is 2.43. The fourth-order valence-corrected chi connectivity index (χ4v) is 5.77. The molecule has 0 unspecified atom stereocenters. The predicted octanol–water partition coefficient (Wildman–Crippen LogP) is 3.78. The van der Waals surface area contributed by atoms with Gasteiger partial charge in [-0.1, -0.05) is 6.42 Å². The normalized spacial score (nSPS) is 31.1. The summed E-state index contributed by atoms with van der Waals surface area (Å²) in [7, 11) is 0. The lowest BCUT2D eigenvalue weighted by molar-refractivity contribution is 0.0904. The summed E-state index contributed by atoms with van der Waals surface area (Å²) >= 11 is 1.88. The van der Waals surface area contributed by atoms with Crippen LogP contribution in [-0.2, 0) is 12.8 Å². The van der Waals surface area contributed by atoms with Crippen molar-refractivity contribution >= 4 is 27.4 Å². The summed E-state index contributed by atoms with van der Waals surface area (Å²) in [4.78, 5) is 11.8. The molecule has 3 aliphatic rings. The Morgan fingerprint density at radius 1 is 1.10 bits per heavy atom. The van der Waals surface area contributed by atoms with Gasteiger partial charge in [0.15, 0.2) is 0 Å². The fraction of sp³-hybridized carbons (Fsp3) is 0.625. The van der Waals surface area contributed by atoms with Crippen LogP contribution in [0.15, 0.2) is 6.33 Å². The number of aromatic nitrogens is 2. The molecule has 2 bridgehead atoms. The monoisotopic (exact) mass is 285 g/mol. The van der Waals surface area contributed by atoms with Crippen LogP contribution in [0.25, 0.3) is 10.2 Å². The van der Waals surface area contributed by atoms with E-state index in [-0.39, 0.29) is 0 Å². The van der Waals surface area contributed by atoms with Crippen LogP contribution in [0.1, 0.15) is 42.5 Å². The van der Waals surface area contributed by atoms with Crippen LogP contribution < -0.4 is 5.32 Å². The molecule has 3 atom stereocenters. The third-order valence-electron chi connectivity index (χ3n) is 5.58. The van der Waals surface area contributed by atoms with Crippen LogP contribution in [0, 0.1) is 11.8 Å². The molecule has 0 saturated heterocycles. The van der Waals surface area contributed by atoms with Gasteiger partial charge in [0.25, 0.3) is 0 Å². The largest absolute Gasteiger partial charge is 0.366 e. The summed E-state index contributed by atoms with van der Waals surface area (Å²) in [6.45, 7) is 0. The first-order valence-electron chi connectivity index (χ1n) is 7.92. The molecule has 2 saturated carbocycles. The third-order valence-corrected chi connectivity index (χ3v) is 6.78. The Bertz CT molecular complexity index is 664. The molecule has 0 aromatic carbocycles. The van der Waals surface area contributed by atoms with E-state index in [4.69, 9.17) is 0 Å². The molecule has 2 fully saturated rings. The van der Waals surface area contributed by atoms with E-state index in [0.29, 0.717) is 6.04 Å². The molecule has 104 valence electrons. The van der Waals surface area contributed by atoms with Crippen LogP contribution in [0.3, 0.4) is 0 Å². The van der Waals surface area contributed by atoms with Crippen molar-refractivity contribution in [1.82, 2.24) is 9.97 Å². The minimum absolute atomic E-state index is 0.679. The molecule has 0 radical (unpaired) electrons. The van der Waals surface area contributed by atoms with E-state index in [1.807, 2.05) is 11.3 Å². The zero-order chi connectivity index (χ0) is 13.1. The van der Waals surface area contributed by atoms with Crippen LogP contribution >= 0.6 is 11.3 Å². The molecule has 20 heavy (non-hydrogen) atoms. The Hall–Kier alpha value is -1.16. The van der Waals surface area contributed by atoms with E-state index in [1.54, 1.807) is 11.2 Å². The molecule has 2 aromatic heterocycles. The van der Waals surface area contributed by atoms with Gasteiger partial charge < -0.3 is 5.32 Å². The maximum absolute atomic E-state index is 4.59. The van der Waals surface area contributed by atoms with Crippen molar-refractivity contribution < 1.29 is 0 Å². The molecule has 4 heteroatoms. The molecule has 0 aliphatic heterocycles. The highest BCUT2D eigenvalue weighted by atomic mass is 32.1. The maximum atomic E-state index is 4.59. The number of thiophene rings is 1. The second-order valence-corrected chi connectivity index (χ2v) is 7.70. The van der Waals surface area contributed by atoms with E-state index in [2.05, 4.69) is 15.3 Å². The van der Waals surface area contributed by atoms with Gasteiger partial charge in [0, 0.05) is 10.9 Å². The summed E-state index contributed by atoms with van der Waals surface area (Å²) < 4.78 is 0. The number of hydrogen-bond donors (Lipinski definition) is 1. The molecular weight excluding hydrogens is 266 g/mol. The number of fused-ring (bicyclic) bond motifs is 5. The summed E-state index contributed by atoms with van der Waals surface area (Å²) in [6.07, 6.45) is 11.2. The number of rotatable bonds is 2. The quantitative estimate of drug-likeness (QED) is 0.912. The van der Waals surface area contributed by atoms with E-state index in [1.165, 1.54) is 60.7 Å². The number of hydrogen-bond acceptors (Lipinski definition) is 4. The van der Waals surface area contributed by atoms with Gasteiger partial charge in [0.2, 0.25) is 0 Å². The number of anilines is 1. The van der Waals surface area contributed by atoms with Gasteiger partial charge in [-0.05, 0) is 55.9 Å². The number of aryl methyl sites for hydroxylation is 2. The van der Waals surface area contributed by atoms with Crippen LogP contribution in [-0.4, -0.2) is 16.0 Å². The van der Waals surface area contributed by atoms with Gasteiger partial charge in [-0.2, -0.15) is 0 Å². The van der Waals surface area contributed by atoms with E-state index in [9.17, 15) is 0 Å². The third kappa shape index (κ3) is 1.51. The van der Waals surface area contributed by atoms with Crippen molar-refractivity contribution in [3.63, 3.8) is 0 Å². The number of nitrogens with one attached hydrogen (secondary N) is 1. The molecule has 3 nitrogen and oxygen atoms in total. The Morgan fingerprint density at radius 2 is 2.00 bits per heavy atom. The average Bonchev–Trinajstić information content (AvgIpc) is 3.05. The fourth-order valence-electron chi connectivity index (χ4n) is 4.54. The highest BCUT2D eigenvalue weighted by molar-refractivity contribution is 7.19. The van der Waals surface area contributed by atoms with Crippen molar-refractivity contribution in [2.75, 3.05) is 5.32 Å². The van der Waals surface area contributed by atoms with Gasteiger partial charge in [-0.3, -0.25) is 0 Å². The summed E-state index contributed by atoms with van der Waals surface area (Å²) in [5, 5.41) is 5.14. The SMILES string of the molecule is c1nc(N[C@H]2[C@@H]3CCC[C@H]2C3)c2c3c(sc2n1)CCC3. The van der Waals surface area contributed by atoms with Gasteiger partial charge in [-0.25, -0.2) is 9.97 Å². The molecule has 0 amide bonds. The standard InChI is InChI=1S/C16H19N3S/c1-3-9-7-10(4-1)14(9)19-15-13-11-5-2-6-12(11)20-16(13)18-8-17-15/h8-10,14H,1-7H2,(H,17,18,19)/t9-,10+,14+. The average molecular weight is 285 g/mol.